The van der Waals surface area contributed by atoms with Crippen LogP contribution in [-0.2, 0) is 0 Å². The van der Waals surface area contributed by atoms with E-state index in [1.165, 1.54) is 0 Å². The summed E-state index contributed by atoms with van der Waals surface area (Å²) >= 11 is 0. The molecular formula is C26H9F9. The quantitative estimate of drug-likeness (QED) is 0.100. The van der Waals surface area contributed by atoms with Crippen molar-refractivity contribution >= 4 is 21.5 Å². The number of halogens is 9. The fourth-order valence-corrected chi connectivity index (χ4v) is 4.26. The van der Waals surface area contributed by atoms with Crippen LogP contribution in [0.25, 0.3) is 43.8 Å². The van der Waals surface area contributed by atoms with Crippen LogP contribution in [0.4, 0.5) is 39.5 Å². The van der Waals surface area contributed by atoms with Crippen LogP contribution in [0, 0.1) is 52.4 Å². The van der Waals surface area contributed by atoms with Gasteiger partial charge in [-0.2, -0.15) is 0 Å². The zero-order valence-corrected chi connectivity index (χ0v) is 17.1. The summed E-state index contributed by atoms with van der Waals surface area (Å²) in [6.45, 7) is 0. The minimum absolute atomic E-state index is 0.299. The molecule has 0 radical (unpaired) electrons. The summed E-state index contributed by atoms with van der Waals surface area (Å²) < 4.78 is 131. The first-order valence-electron chi connectivity index (χ1n) is 9.92. The molecule has 0 saturated carbocycles. The van der Waals surface area contributed by atoms with Gasteiger partial charge in [-0.05, 0) is 41.3 Å². The zero-order valence-electron chi connectivity index (χ0n) is 17.1. The van der Waals surface area contributed by atoms with Crippen molar-refractivity contribution in [1.82, 2.24) is 0 Å². The molecule has 0 unspecified atom stereocenters. The third-order valence-electron chi connectivity index (χ3n) is 5.71. The standard InChI is InChI=1S/C26H9F9/c27-11-5-6-12(16(30)9-11)19-13-2-1-3-15(29)20(13)18(10-4-7-14(28)17(31)8-10)21-22(19)24(33)26(35)25(34)23(21)32/h1-9H. The summed E-state index contributed by atoms with van der Waals surface area (Å²) in [5.74, 6) is -14.5. The van der Waals surface area contributed by atoms with Gasteiger partial charge in [-0.3, -0.25) is 0 Å². The highest BCUT2D eigenvalue weighted by molar-refractivity contribution is 6.22. The third kappa shape index (κ3) is 3.33. The number of benzene rings is 5. The lowest BCUT2D eigenvalue weighted by Crippen LogP contribution is -2.04. The molecule has 0 bridgehead atoms. The van der Waals surface area contributed by atoms with Gasteiger partial charge in [-0.1, -0.05) is 18.2 Å². The third-order valence-corrected chi connectivity index (χ3v) is 5.71. The van der Waals surface area contributed by atoms with Crippen LogP contribution in [0.2, 0.25) is 0 Å². The van der Waals surface area contributed by atoms with E-state index in [1.54, 1.807) is 0 Å². The molecule has 35 heavy (non-hydrogen) atoms. The van der Waals surface area contributed by atoms with E-state index in [-0.39, 0.29) is 10.9 Å². The first kappa shape index (κ1) is 22.8. The molecule has 0 N–H and O–H groups in total. The van der Waals surface area contributed by atoms with E-state index < -0.39 is 85.2 Å². The highest BCUT2D eigenvalue weighted by atomic mass is 19.2. The molecule has 0 nitrogen and oxygen atoms in total. The Labute approximate surface area is 190 Å². The molecule has 0 aliphatic rings. The van der Waals surface area contributed by atoms with E-state index in [0.29, 0.717) is 18.2 Å². The summed E-state index contributed by atoms with van der Waals surface area (Å²) in [4.78, 5) is 0. The van der Waals surface area contributed by atoms with Gasteiger partial charge >= 0.3 is 0 Å². The Morgan fingerprint density at radius 1 is 0.429 bits per heavy atom. The summed E-state index contributed by atoms with van der Waals surface area (Å²) in [7, 11) is 0. The topological polar surface area (TPSA) is 0 Å². The lowest BCUT2D eigenvalue weighted by Gasteiger charge is -2.20. The van der Waals surface area contributed by atoms with E-state index in [9.17, 15) is 26.3 Å². The molecule has 0 heterocycles. The van der Waals surface area contributed by atoms with E-state index in [2.05, 4.69) is 0 Å². The van der Waals surface area contributed by atoms with Crippen LogP contribution in [0.15, 0.2) is 54.6 Å². The Morgan fingerprint density at radius 2 is 1.09 bits per heavy atom. The van der Waals surface area contributed by atoms with Crippen molar-refractivity contribution in [2.45, 2.75) is 0 Å². The minimum Gasteiger partial charge on any atom is -0.207 e. The predicted molar refractivity (Wildman–Crippen MR) is 112 cm³/mol. The van der Waals surface area contributed by atoms with Crippen LogP contribution in [0.1, 0.15) is 0 Å². The molecule has 0 aliphatic heterocycles. The van der Waals surface area contributed by atoms with Gasteiger partial charge in [-0.15, -0.1) is 0 Å². The van der Waals surface area contributed by atoms with E-state index in [4.69, 9.17) is 0 Å². The van der Waals surface area contributed by atoms with E-state index >= 15 is 13.2 Å². The number of hydrogen-bond acceptors (Lipinski definition) is 0. The Hall–Kier alpha value is -4.01. The van der Waals surface area contributed by atoms with E-state index in [0.717, 1.165) is 36.4 Å². The number of fused-ring (bicyclic) bond motifs is 2. The molecule has 5 rings (SSSR count). The van der Waals surface area contributed by atoms with Gasteiger partial charge in [-0.25, -0.2) is 39.5 Å². The second-order valence-electron chi connectivity index (χ2n) is 7.67. The maximum atomic E-state index is 15.3. The van der Waals surface area contributed by atoms with Gasteiger partial charge in [0, 0.05) is 38.9 Å². The zero-order chi connectivity index (χ0) is 25.2. The normalized spacial score (nSPS) is 11.6. The predicted octanol–water partition coefficient (Wildman–Crippen LogP) is 8.58. The SMILES string of the molecule is Fc1ccc(-c2c3cccc(F)c3c(-c3ccc(F)c(F)c3)c3c(F)c(F)c(F)c(F)c23)c(F)c1. The van der Waals surface area contributed by atoms with Gasteiger partial charge < -0.3 is 0 Å². The first-order chi connectivity index (χ1) is 16.6. The summed E-state index contributed by atoms with van der Waals surface area (Å²) in [6, 6.07) is 7.34. The Morgan fingerprint density at radius 3 is 1.71 bits per heavy atom. The van der Waals surface area contributed by atoms with Crippen LogP contribution < -0.4 is 0 Å². The maximum absolute atomic E-state index is 15.3. The smallest absolute Gasteiger partial charge is 0.198 e. The summed E-state index contributed by atoms with van der Waals surface area (Å²) in [5, 5.41) is -2.87. The average molecular weight is 492 g/mol. The van der Waals surface area contributed by atoms with Gasteiger partial charge in [0.05, 0.1) is 0 Å². The van der Waals surface area contributed by atoms with Crippen LogP contribution in [-0.4, -0.2) is 0 Å². The molecular weight excluding hydrogens is 483 g/mol. The van der Waals surface area contributed by atoms with Crippen molar-refractivity contribution in [1.29, 1.82) is 0 Å². The fraction of sp³-hybridized carbons (Fsp3) is 0. The molecule has 0 spiro atoms. The van der Waals surface area contributed by atoms with Gasteiger partial charge in [0.1, 0.15) is 17.5 Å². The van der Waals surface area contributed by atoms with Crippen molar-refractivity contribution in [3.63, 3.8) is 0 Å². The van der Waals surface area contributed by atoms with E-state index in [1.807, 2.05) is 0 Å². The minimum atomic E-state index is -2.25. The monoisotopic (exact) mass is 492 g/mol. The second-order valence-corrected chi connectivity index (χ2v) is 7.67. The molecule has 0 atom stereocenters. The van der Waals surface area contributed by atoms with Gasteiger partial charge in [0.25, 0.3) is 0 Å². The van der Waals surface area contributed by atoms with Crippen molar-refractivity contribution in [2.24, 2.45) is 0 Å². The van der Waals surface area contributed by atoms with Gasteiger partial charge in [0.15, 0.2) is 34.9 Å². The molecule has 0 aliphatic carbocycles. The van der Waals surface area contributed by atoms with Crippen molar-refractivity contribution < 1.29 is 39.5 Å². The van der Waals surface area contributed by atoms with Crippen molar-refractivity contribution in [3.05, 3.63) is 107 Å². The summed E-state index contributed by atoms with van der Waals surface area (Å²) in [5.41, 5.74) is -2.16. The first-order valence-corrected chi connectivity index (χ1v) is 9.92. The molecule has 0 amide bonds. The molecule has 0 fully saturated rings. The van der Waals surface area contributed by atoms with Gasteiger partial charge in [0.2, 0.25) is 0 Å². The molecule has 9 heteroatoms. The Balaban J connectivity index is 2.15. The van der Waals surface area contributed by atoms with Crippen molar-refractivity contribution in [3.8, 4) is 22.3 Å². The molecule has 0 saturated heterocycles. The van der Waals surface area contributed by atoms with Crippen LogP contribution in [0.5, 0.6) is 0 Å². The molecule has 5 aromatic carbocycles. The van der Waals surface area contributed by atoms with Crippen molar-refractivity contribution in [2.75, 3.05) is 0 Å². The highest BCUT2D eigenvalue weighted by Crippen LogP contribution is 2.47. The Bertz CT molecular complexity index is 1690. The molecule has 0 aromatic heterocycles. The molecule has 176 valence electrons. The van der Waals surface area contributed by atoms with Crippen LogP contribution in [0.3, 0.4) is 0 Å². The Kier molecular flexibility index (Phi) is 5.23. The fourth-order valence-electron chi connectivity index (χ4n) is 4.26. The number of hydrogen-bond donors (Lipinski definition) is 0. The van der Waals surface area contributed by atoms with Crippen LogP contribution >= 0.6 is 0 Å². The lowest BCUT2D eigenvalue weighted by molar-refractivity contribution is 0.418. The maximum Gasteiger partial charge on any atom is 0.198 e. The average Bonchev–Trinajstić information content (AvgIpc) is 2.82. The summed E-state index contributed by atoms with van der Waals surface area (Å²) in [6.07, 6.45) is 0. The second kappa shape index (κ2) is 8.04. The highest BCUT2D eigenvalue weighted by Gasteiger charge is 2.30. The lowest BCUT2D eigenvalue weighted by atomic mass is 9.85. The number of rotatable bonds is 2. The molecule has 5 aromatic rings. The largest absolute Gasteiger partial charge is 0.207 e.